The van der Waals surface area contributed by atoms with E-state index in [4.69, 9.17) is 10.8 Å². The molecule has 4 rings (SSSR count). The average molecular weight is 299 g/mol. The van der Waals surface area contributed by atoms with Crippen molar-refractivity contribution in [3.63, 3.8) is 0 Å². The Kier molecular flexibility index (Phi) is 3.20. The van der Waals surface area contributed by atoms with Gasteiger partial charge < -0.3 is 5.73 Å². The lowest BCUT2D eigenvalue weighted by Gasteiger charge is -2.03. The van der Waals surface area contributed by atoms with Gasteiger partial charge in [-0.1, -0.05) is 42.4 Å². The summed E-state index contributed by atoms with van der Waals surface area (Å²) in [5, 5.41) is 14.4. The summed E-state index contributed by atoms with van der Waals surface area (Å²) in [5.41, 5.74) is 7.94. The molecule has 0 saturated heterocycles. The van der Waals surface area contributed by atoms with Crippen molar-refractivity contribution >= 4 is 16.3 Å². The molecular formula is C15H17N5S. The van der Waals surface area contributed by atoms with Crippen LogP contribution in [0.4, 0.5) is 0 Å². The van der Waals surface area contributed by atoms with Crippen molar-refractivity contribution in [2.75, 3.05) is 0 Å². The fraction of sp³-hybridized carbons (Fsp3) is 0.400. The van der Waals surface area contributed by atoms with Crippen molar-refractivity contribution in [3.8, 4) is 10.6 Å². The number of rotatable bonds is 3. The highest BCUT2D eigenvalue weighted by Gasteiger charge is 2.24. The van der Waals surface area contributed by atoms with E-state index >= 15 is 0 Å². The van der Waals surface area contributed by atoms with Crippen LogP contribution in [0.3, 0.4) is 0 Å². The van der Waals surface area contributed by atoms with E-state index in [2.05, 4.69) is 22.3 Å². The fourth-order valence-electron chi connectivity index (χ4n) is 3.02. The lowest BCUT2D eigenvalue weighted by Crippen LogP contribution is -2.01. The maximum Gasteiger partial charge on any atom is 0.234 e. The molecule has 0 aliphatic heterocycles. The molecule has 3 aromatic rings. The highest BCUT2D eigenvalue weighted by Crippen LogP contribution is 2.34. The van der Waals surface area contributed by atoms with Crippen LogP contribution in [0.15, 0.2) is 24.3 Å². The average Bonchev–Trinajstić information content (AvgIpc) is 3.23. The number of hydrogen-bond donors (Lipinski definition) is 1. The second-order valence-corrected chi connectivity index (χ2v) is 6.50. The van der Waals surface area contributed by atoms with E-state index in [0.717, 1.165) is 26.9 Å². The minimum atomic E-state index is 0.519. The van der Waals surface area contributed by atoms with Crippen LogP contribution in [-0.2, 0) is 6.54 Å². The van der Waals surface area contributed by atoms with Gasteiger partial charge in [0.05, 0.1) is 0 Å². The largest absolute Gasteiger partial charge is 0.326 e. The molecule has 1 fully saturated rings. The third kappa shape index (κ3) is 2.24. The normalized spacial score (nSPS) is 16.0. The number of aromatic nitrogens is 4. The van der Waals surface area contributed by atoms with Gasteiger partial charge in [0.15, 0.2) is 5.82 Å². The molecule has 2 heterocycles. The summed E-state index contributed by atoms with van der Waals surface area (Å²) >= 11 is 1.59. The molecule has 5 nitrogen and oxygen atoms in total. The van der Waals surface area contributed by atoms with Crippen molar-refractivity contribution in [1.29, 1.82) is 0 Å². The Morgan fingerprint density at radius 2 is 2.10 bits per heavy atom. The summed E-state index contributed by atoms with van der Waals surface area (Å²) in [6, 6.07) is 8.23. The van der Waals surface area contributed by atoms with Crippen LogP contribution in [0.2, 0.25) is 0 Å². The molecule has 0 atom stereocenters. The molecule has 1 aliphatic rings. The Hall–Kier alpha value is -1.79. The molecule has 1 aliphatic carbocycles. The SMILES string of the molecule is NCc1cccc(-c2nn3c(C4CCCC4)nnc3s2)c1. The van der Waals surface area contributed by atoms with Gasteiger partial charge in [0.1, 0.15) is 5.01 Å². The third-order valence-corrected chi connectivity index (χ3v) is 5.09. The fourth-order valence-corrected chi connectivity index (χ4v) is 3.86. The Balaban J connectivity index is 1.76. The van der Waals surface area contributed by atoms with Gasteiger partial charge in [-0.3, -0.25) is 0 Å². The zero-order chi connectivity index (χ0) is 14.2. The first-order valence-electron chi connectivity index (χ1n) is 7.36. The standard InChI is InChI=1S/C15H17N5S/c16-9-10-4-3-7-12(8-10)14-19-20-13(11-5-1-2-6-11)17-18-15(20)21-14/h3-4,7-8,11H,1-2,5-6,9,16H2. The molecule has 21 heavy (non-hydrogen) atoms. The number of benzene rings is 1. The molecule has 6 heteroatoms. The zero-order valence-corrected chi connectivity index (χ0v) is 12.5. The first-order valence-corrected chi connectivity index (χ1v) is 8.18. The van der Waals surface area contributed by atoms with E-state index in [1.54, 1.807) is 11.3 Å². The lowest BCUT2D eigenvalue weighted by molar-refractivity contribution is 0.641. The van der Waals surface area contributed by atoms with Crippen LogP contribution < -0.4 is 5.73 Å². The van der Waals surface area contributed by atoms with Gasteiger partial charge in [0.25, 0.3) is 0 Å². The molecule has 0 bridgehead atoms. The van der Waals surface area contributed by atoms with Crippen molar-refractivity contribution in [2.24, 2.45) is 5.73 Å². The van der Waals surface area contributed by atoms with Crippen LogP contribution >= 0.6 is 11.3 Å². The van der Waals surface area contributed by atoms with Crippen molar-refractivity contribution in [1.82, 2.24) is 19.8 Å². The molecule has 1 aromatic carbocycles. The number of hydrogen-bond acceptors (Lipinski definition) is 5. The number of nitrogens with two attached hydrogens (primary N) is 1. The minimum absolute atomic E-state index is 0.519. The maximum atomic E-state index is 5.71. The van der Waals surface area contributed by atoms with Crippen LogP contribution in [0.1, 0.15) is 43.0 Å². The number of nitrogens with zero attached hydrogens (tertiary/aromatic N) is 4. The van der Waals surface area contributed by atoms with E-state index in [1.807, 2.05) is 16.6 Å². The third-order valence-electron chi connectivity index (χ3n) is 4.14. The Morgan fingerprint density at radius 3 is 2.90 bits per heavy atom. The van der Waals surface area contributed by atoms with Crippen molar-refractivity contribution < 1.29 is 0 Å². The first-order chi connectivity index (χ1) is 10.3. The highest BCUT2D eigenvalue weighted by molar-refractivity contribution is 7.19. The molecule has 108 valence electrons. The molecule has 0 amide bonds. The van der Waals surface area contributed by atoms with E-state index in [9.17, 15) is 0 Å². The van der Waals surface area contributed by atoms with Crippen LogP contribution in [-0.4, -0.2) is 19.8 Å². The Labute approximate surface area is 126 Å². The van der Waals surface area contributed by atoms with Crippen LogP contribution in [0.25, 0.3) is 15.5 Å². The molecule has 0 spiro atoms. The van der Waals surface area contributed by atoms with Crippen molar-refractivity contribution in [2.45, 2.75) is 38.1 Å². The monoisotopic (exact) mass is 299 g/mol. The predicted molar refractivity (Wildman–Crippen MR) is 83.2 cm³/mol. The maximum absolute atomic E-state index is 5.71. The lowest BCUT2D eigenvalue weighted by atomic mass is 10.1. The smallest absolute Gasteiger partial charge is 0.234 e. The summed E-state index contributed by atoms with van der Waals surface area (Å²) in [6.45, 7) is 0.547. The zero-order valence-electron chi connectivity index (χ0n) is 11.7. The highest BCUT2D eigenvalue weighted by atomic mass is 32.1. The van der Waals surface area contributed by atoms with Gasteiger partial charge in [-0.05, 0) is 24.5 Å². The van der Waals surface area contributed by atoms with E-state index in [1.165, 1.54) is 25.7 Å². The molecule has 0 radical (unpaired) electrons. The molecule has 0 unspecified atom stereocenters. The van der Waals surface area contributed by atoms with Gasteiger partial charge in [-0.15, -0.1) is 10.2 Å². The summed E-state index contributed by atoms with van der Waals surface area (Å²) < 4.78 is 1.94. The Morgan fingerprint density at radius 1 is 1.24 bits per heavy atom. The van der Waals surface area contributed by atoms with Gasteiger partial charge >= 0.3 is 0 Å². The second kappa shape index (κ2) is 5.20. The quantitative estimate of drug-likeness (QED) is 0.807. The second-order valence-electron chi connectivity index (χ2n) is 5.55. The van der Waals surface area contributed by atoms with Gasteiger partial charge in [-0.2, -0.15) is 9.61 Å². The molecular weight excluding hydrogens is 282 g/mol. The molecule has 2 N–H and O–H groups in total. The summed E-state index contributed by atoms with van der Waals surface area (Å²) in [6.07, 6.45) is 4.98. The Bertz CT molecular complexity index is 769. The van der Waals surface area contributed by atoms with E-state index in [0.29, 0.717) is 12.5 Å². The van der Waals surface area contributed by atoms with Crippen LogP contribution in [0.5, 0.6) is 0 Å². The molecule has 1 saturated carbocycles. The van der Waals surface area contributed by atoms with Gasteiger partial charge in [0.2, 0.25) is 4.96 Å². The summed E-state index contributed by atoms with van der Waals surface area (Å²) in [5.74, 6) is 1.55. The van der Waals surface area contributed by atoms with Crippen molar-refractivity contribution in [3.05, 3.63) is 35.7 Å². The molecule has 2 aromatic heterocycles. The van der Waals surface area contributed by atoms with E-state index in [-0.39, 0.29) is 0 Å². The minimum Gasteiger partial charge on any atom is -0.326 e. The number of fused-ring (bicyclic) bond motifs is 1. The predicted octanol–water partition coefficient (Wildman–Crippen LogP) is 2.97. The van der Waals surface area contributed by atoms with Gasteiger partial charge in [0, 0.05) is 18.0 Å². The summed E-state index contributed by atoms with van der Waals surface area (Å²) in [4.78, 5) is 0.880. The van der Waals surface area contributed by atoms with Gasteiger partial charge in [-0.25, -0.2) is 0 Å². The van der Waals surface area contributed by atoms with E-state index < -0.39 is 0 Å². The van der Waals surface area contributed by atoms with Crippen LogP contribution in [0, 0.1) is 0 Å². The first kappa shape index (κ1) is 12.9. The summed E-state index contributed by atoms with van der Waals surface area (Å²) in [7, 11) is 0. The topological polar surface area (TPSA) is 69.1 Å².